The van der Waals surface area contributed by atoms with E-state index in [4.69, 9.17) is 108 Å². The summed E-state index contributed by atoms with van der Waals surface area (Å²) < 4.78 is 47.2. The number of aryl methyl sites for hydroxylation is 18. The van der Waals surface area contributed by atoms with Crippen LogP contribution in [0.3, 0.4) is 0 Å². The Balaban J connectivity index is 0.000000161. The second-order valence-corrected chi connectivity index (χ2v) is 41.9. The Bertz CT molecular complexity index is 7620. The van der Waals surface area contributed by atoms with Crippen molar-refractivity contribution in [2.24, 2.45) is 27.1 Å². The number of carbonyl (C=O) groups excluding carboxylic acids is 5. The lowest BCUT2D eigenvalue weighted by molar-refractivity contribution is -0.137. The number of nitrogens with zero attached hydrogens (tertiary/aromatic N) is 12. The van der Waals surface area contributed by atoms with E-state index in [2.05, 4.69) is 32.6 Å². The van der Waals surface area contributed by atoms with Crippen LogP contribution >= 0.6 is 69.6 Å². The first-order chi connectivity index (χ1) is 71.3. The minimum absolute atomic E-state index is 0.0635. The predicted molar refractivity (Wildman–Crippen MR) is 590 cm³/mol. The van der Waals surface area contributed by atoms with Crippen molar-refractivity contribution in [3.8, 4) is 84.8 Å². The lowest BCUT2D eigenvalue weighted by Crippen LogP contribution is -2.36. The minimum atomic E-state index is -1.03. The first-order valence-electron chi connectivity index (χ1n) is 50.5. The molecule has 0 bridgehead atoms. The molecule has 2 N–H and O–H groups in total. The van der Waals surface area contributed by atoms with Gasteiger partial charge in [0.1, 0.15) is 63.9 Å². The third-order valence-electron chi connectivity index (χ3n) is 28.5. The van der Waals surface area contributed by atoms with Crippen molar-refractivity contribution in [2.45, 2.75) is 200 Å². The number of halogens is 6. The molecule has 15 aromatic rings. The molecule has 0 spiro atoms. The summed E-state index contributed by atoms with van der Waals surface area (Å²) in [6.45, 7) is 34.5. The fourth-order valence-electron chi connectivity index (χ4n) is 21.4. The summed E-state index contributed by atoms with van der Waals surface area (Å²) >= 11 is 40.2. The molecule has 9 heterocycles. The van der Waals surface area contributed by atoms with E-state index >= 15 is 0 Å². The van der Waals surface area contributed by atoms with E-state index in [0.29, 0.717) is 198 Å². The number of carboxylic acid groups (broad SMARTS) is 1. The third kappa shape index (κ3) is 23.2. The highest BCUT2D eigenvalue weighted by atomic mass is 35.5. The normalized spacial score (nSPS) is 13.2. The Morgan fingerprint density at radius 1 is 0.383 bits per heavy atom. The molecule has 32 heteroatoms. The topological polar surface area (TPSA) is 276 Å². The number of hydrogen-bond donors (Lipinski definition) is 2. The van der Waals surface area contributed by atoms with Gasteiger partial charge in [0, 0.05) is 161 Å². The predicted octanol–water partition coefficient (Wildman–Crippen LogP) is 26.1. The monoisotopic (exact) mass is 2130 g/mol. The number of carboxylic acids is 1. The van der Waals surface area contributed by atoms with Gasteiger partial charge >= 0.3 is 5.97 Å². The van der Waals surface area contributed by atoms with Gasteiger partial charge in [0.2, 0.25) is 0 Å². The van der Waals surface area contributed by atoms with Gasteiger partial charge in [-0.2, -0.15) is 15.3 Å². The minimum Gasteiger partial charge on any atom is -0.508 e. The van der Waals surface area contributed by atoms with E-state index in [1.807, 2.05) is 213 Å². The number of phenols is 1. The van der Waals surface area contributed by atoms with Gasteiger partial charge in [0.05, 0.1) is 75.1 Å². The number of aromatic hydroxyl groups is 1. The summed E-state index contributed by atoms with van der Waals surface area (Å²) in [5, 5.41) is 40.4. The Labute approximate surface area is 898 Å². The molecule has 0 radical (unpaired) electrons. The Morgan fingerprint density at radius 2 is 0.698 bits per heavy atom. The first kappa shape index (κ1) is 109. The van der Waals surface area contributed by atoms with Crippen LogP contribution in [0.4, 0.5) is 0 Å². The molecule has 3 aliphatic heterocycles. The third-order valence-corrected chi connectivity index (χ3v) is 31.2. The number of aliphatic carboxylic acids is 1. The number of ether oxygens (including phenoxy) is 6. The molecule has 149 heavy (non-hydrogen) atoms. The highest BCUT2D eigenvalue weighted by Crippen LogP contribution is 2.49. The van der Waals surface area contributed by atoms with Gasteiger partial charge in [0.25, 0.3) is 30.7 Å². The van der Waals surface area contributed by atoms with Crippen LogP contribution in [0.1, 0.15) is 192 Å². The van der Waals surface area contributed by atoms with Crippen molar-refractivity contribution in [3.63, 3.8) is 0 Å². The van der Waals surface area contributed by atoms with Crippen LogP contribution < -0.4 is 28.4 Å². The van der Waals surface area contributed by atoms with Crippen molar-refractivity contribution in [1.29, 1.82) is 0 Å². The molecule has 3 amide bonds. The summed E-state index contributed by atoms with van der Waals surface area (Å²) in [7, 11) is 5.77. The van der Waals surface area contributed by atoms with Crippen LogP contribution in [0, 0.1) is 89.0 Å². The zero-order valence-electron chi connectivity index (χ0n) is 87.3. The Hall–Kier alpha value is -13.2. The Morgan fingerprint density at radius 3 is 1.03 bits per heavy atom. The highest BCUT2D eigenvalue weighted by Gasteiger charge is 2.38. The van der Waals surface area contributed by atoms with Gasteiger partial charge in [-0.15, -0.1) is 0 Å². The van der Waals surface area contributed by atoms with Crippen molar-refractivity contribution in [3.05, 3.63) is 276 Å². The zero-order valence-corrected chi connectivity index (χ0v) is 91.9. The lowest BCUT2D eigenvalue weighted by atomic mass is 9.98. The molecule has 0 unspecified atom stereocenters. The number of phenolic OH excluding ortho intramolecular Hbond substituents is 1. The molecule has 0 saturated heterocycles. The van der Waals surface area contributed by atoms with Gasteiger partial charge in [-0.25, -0.2) is 0 Å². The zero-order chi connectivity index (χ0) is 107. The number of benzene rings is 9. The number of amides is 3. The van der Waals surface area contributed by atoms with Crippen LogP contribution in [0.25, 0.3) is 77.2 Å². The van der Waals surface area contributed by atoms with Gasteiger partial charge < -0.3 is 67.0 Å². The van der Waals surface area contributed by atoms with Gasteiger partial charge in [0.15, 0.2) is 0 Å². The number of aromatic nitrogens is 9. The maximum Gasteiger partial charge on any atom is 0.323 e. The molecule has 0 saturated carbocycles. The largest absolute Gasteiger partial charge is 0.508 e. The molecule has 26 nitrogen and oxygen atoms in total. The summed E-state index contributed by atoms with van der Waals surface area (Å²) in [4.78, 5) is 83.4. The maximum absolute atomic E-state index is 15.0. The summed E-state index contributed by atoms with van der Waals surface area (Å²) in [5.41, 5.74) is 27.6. The van der Waals surface area contributed by atoms with Gasteiger partial charge in [-0.1, -0.05) is 114 Å². The average Bonchev–Trinajstić information content (AvgIpc) is 1.58. The molecule has 6 aromatic heterocycles. The lowest BCUT2D eigenvalue weighted by Gasteiger charge is -2.22. The van der Waals surface area contributed by atoms with Crippen LogP contribution in [-0.4, -0.2) is 157 Å². The van der Waals surface area contributed by atoms with Crippen LogP contribution in [0.2, 0.25) is 30.1 Å². The summed E-state index contributed by atoms with van der Waals surface area (Å²) in [5.74, 6) is 2.94. The molecule has 0 atom stereocenters. The maximum atomic E-state index is 15.0. The van der Waals surface area contributed by atoms with Crippen LogP contribution in [0.5, 0.6) is 40.2 Å². The van der Waals surface area contributed by atoms with E-state index in [9.17, 15) is 39.0 Å². The fourth-order valence-corrected chi connectivity index (χ4v) is 22.5. The van der Waals surface area contributed by atoms with E-state index in [-0.39, 0.29) is 30.0 Å². The standard InChI is InChI=1S/C43H42Cl2N4O5.C43H50Cl2N4O5.C31H34Cl2N4O4/c1-25-18-33(19-26(2)40(25)45)53-17-6-8-35-36-13-14-37(44)39(38-27(3)46-47(5)28(38)4)41(36)49-16-7-15-48(43(52)42(35)49)23-29-20-31(22-34(21-29)54-24-50)30-9-11-32(51)12-10-30;1-26(2)11-8-17-53-33-21-31(22-34(23-33)54-25-50)24-48-15-10-16-49-41-36(13-14-37(44)39(41)38-29(5)46-47(7)30(38)6)35(42(49)43(48)51)12-9-18-52-32-19-27(3)40(45)28(4)20-32;1-17-14-21(15-18(2)28(17)33)41-13-6-8-22-23-9-10-24(32)27(26-19(3)34-35(5)20(26)4)29(23)37-12-7-11-36(16-25(38)39)31(40)30(22)37/h9-14,18-22,24,51H,6-8,15-17,23H2,1-5H3;13-14,19-23,25-26H,8-12,15-18,24H2,1-7H3;9-10,14-15H,6-8,11-13,16H2,1-5H3,(H,38,39). The van der Waals surface area contributed by atoms with Crippen LogP contribution in [0.15, 0.2) is 133 Å². The molecule has 0 fully saturated rings. The van der Waals surface area contributed by atoms with E-state index < -0.39 is 5.97 Å². The second kappa shape index (κ2) is 46.9. The molecule has 3 aliphatic rings. The first-order valence-corrected chi connectivity index (χ1v) is 52.8. The number of hydrogen-bond acceptors (Lipinski definition) is 16. The molecular formula is C117H126Cl6N12O14. The van der Waals surface area contributed by atoms with E-state index in [0.717, 1.165) is 224 Å². The quantitative estimate of drug-likeness (QED) is 0.0280. The molecule has 0 aliphatic carbocycles. The van der Waals surface area contributed by atoms with Crippen LogP contribution in [-0.2, 0) is 87.5 Å². The second-order valence-electron chi connectivity index (χ2n) is 39.5. The SMILES string of the molecule is Cc1cc(OCCCc2c3n(c4c(-c5c(C)nn(C)c5C)c(Cl)ccc24)CCCN(CC(=O)O)C3=O)cc(C)c1Cl.Cc1cc(OCCCc2c3n(c4c(-c5c(C)nn(C)c5C)c(Cl)ccc24)CCCN(Cc2cc(OC=O)cc(-c4ccc(O)cc4)c2)C3=O)cc(C)c1Cl.Cc1cc(OCCCc2c3n(c4c(-c5c(C)nn(C)c5C)c(Cl)ccc24)CCCN(Cc2cc(OC=O)cc(OCCCC(C)C)c2)C3=O)cc(C)c1Cl. The van der Waals surface area contributed by atoms with Gasteiger partial charge in [-0.05, 0) is 329 Å². The summed E-state index contributed by atoms with van der Waals surface area (Å²) in [6, 6.07) is 41.3. The average molecular weight is 2140 g/mol. The molecular weight excluding hydrogens is 2010 g/mol. The summed E-state index contributed by atoms with van der Waals surface area (Å²) in [6.07, 6.45) is 7.85. The fraction of sp³-hybridized carbons (Fsp3) is 0.359. The highest BCUT2D eigenvalue weighted by molar-refractivity contribution is 6.37. The van der Waals surface area contributed by atoms with Crippen molar-refractivity contribution < 1.29 is 67.4 Å². The number of carbonyl (C=O) groups is 6. The van der Waals surface area contributed by atoms with E-state index in [1.54, 1.807) is 48.5 Å². The molecule has 18 rings (SSSR count). The number of rotatable bonds is 34. The van der Waals surface area contributed by atoms with Crippen molar-refractivity contribution >= 4 is 139 Å². The smallest absolute Gasteiger partial charge is 0.323 e. The molecule has 780 valence electrons. The van der Waals surface area contributed by atoms with Gasteiger partial charge in [-0.3, -0.25) is 42.8 Å². The van der Waals surface area contributed by atoms with E-state index in [1.165, 1.54) is 4.90 Å². The van der Waals surface area contributed by atoms with Crippen molar-refractivity contribution in [1.82, 2.24) is 57.7 Å². The Kier molecular flexibility index (Phi) is 34.2. The molecule has 9 aromatic carbocycles. The van der Waals surface area contributed by atoms with Crippen molar-refractivity contribution in [2.75, 3.05) is 52.6 Å². The number of fused-ring (bicyclic) bond motifs is 9.